The Morgan fingerprint density at radius 3 is 1.22 bits per heavy atom. The zero-order valence-corrected chi connectivity index (χ0v) is 29.0. The van der Waals surface area contributed by atoms with E-state index in [-0.39, 0.29) is 30.2 Å². The van der Waals surface area contributed by atoms with Gasteiger partial charge in [-0.3, -0.25) is 0 Å². The van der Waals surface area contributed by atoms with Gasteiger partial charge < -0.3 is 24.8 Å². The van der Waals surface area contributed by atoms with Crippen molar-refractivity contribution in [2.45, 2.75) is 94.2 Å². The summed E-state index contributed by atoms with van der Waals surface area (Å²) in [4.78, 5) is 0. The fraction of sp³-hybridized carbons (Fsp3) is 0.438. The van der Waals surface area contributed by atoms with Crippen molar-refractivity contribution in [1.82, 2.24) is 0 Å². The summed E-state index contributed by atoms with van der Waals surface area (Å²) in [6, 6.07) is 13.8. The van der Waals surface area contributed by atoms with E-state index < -0.39 is 0 Å². The molecule has 4 rings (SSSR count). The quantitative estimate of drug-likeness (QED) is 0.242. The van der Waals surface area contributed by atoms with E-state index in [1.54, 1.807) is 23.3 Å². The molecule has 0 aliphatic rings. The third-order valence-corrected chi connectivity index (χ3v) is 6.79. The molecule has 0 nitrogen and oxygen atoms in total. The van der Waals surface area contributed by atoms with Crippen LogP contribution in [0.3, 0.4) is 0 Å². The van der Waals surface area contributed by atoms with E-state index in [1.165, 1.54) is 91.7 Å². The molecule has 0 bridgehead atoms. The van der Waals surface area contributed by atoms with Crippen molar-refractivity contribution in [3.05, 3.63) is 80.9 Å². The maximum atomic E-state index is 2.33. The predicted octanol–water partition coefficient (Wildman–Crippen LogP) is 3.67. The first-order valence-corrected chi connectivity index (χ1v) is 19.0. The molecule has 0 fully saturated rings. The number of benzene rings is 2. The molecule has 0 unspecified atom stereocenters. The molecular weight excluding hydrogens is 575 g/mol. The topological polar surface area (TPSA) is 0 Å². The summed E-state index contributed by atoms with van der Waals surface area (Å²) < 4.78 is 0. The van der Waals surface area contributed by atoms with Crippen LogP contribution in [0, 0.1) is 41.5 Å². The zero-order valence-electron chi connectivity index (χ0n) is 24.0. The molecule has 0 aliphatic carbocycles. The van der Waals surface area contributed by atoms with Gasteiger partial charge >= 0.3 is 41.9 Å². The summed E-state index contributed by atoms with van der Waals surface area (Å²) in [6.07, 6.45) is 4.84. The van der Waals surface area contributed by atoms with Gasteiger partial charge in [-0.05, 0) is 12.8 Å². The second kappa shape index (κ2) is 16.3. The molecular formula is C32H44Cl2SiZr-2. The zero-order chi connectivity index (χ0) is 25.6. The van der Waals surface area contributed by atoms with E-state index in [0.29, 0.717) is 0 Å². The maximum Gasteiger partial charge on any atom is -1.00 e. The van der Waals surface area contributed by atoms with Gasteiger partial charge in [0.2, 0.25) is 0 Å². The number of hydrogen-bond acceptors (Lipinski definition) is 0. The molecule has 0 saturated heterocycles. The molecule has 0 atom stereocenters. The molecule has 4 aromatic carbocycles. The molecule has 0 N–H and O–H groups in total. The van der Waals surface area contributed by atoms with Gasteiger partial charge in [-0.25, -0.2) is 0 Å². The average Bonchev–Trinajstić information content (AvgIpc) is 3.24. The van der Waals surface area contributed by atoms with E-state index in [1.807, 2.05) is 0 Å². The minimum atomic E-state index is 0. The monoisotopic (exact) mass is 616 g/mol. The van der Waals surface area contributed by atoms with Gasteiger partial charge in [-0.2, -0.15) is 11.1 Å². The summed E-state index contributed by atoms with van der Waals surface area (Å²) >= 11 is 1.74. The third-order valence-electron chi connectivity index (χ3n) is 6.79. The Hall–Kier alpha value is -0.660. The molecule has 0 aromatic heterocycles. The first-order chi connectivity index (χ1) is 16.0. The van der Waals surface area contributed by atoms with Crippen LogP contribution in [0.1, 0.15) is 71.2 Å². The van der Waals surface area contributed by atoms with Gasteiger partial charge in [0.25, 0.3) is 0 Å². The molecule has 196 valence electrons. The summed E-state index contributed by atoms with van der Waals surface area (Å²) in [5.74, 6) is 0. The van der Waals surface area contributed by atoms with E-state index >= 15 is 0 Å². The van der Waals surface area contributed by atoms with Crippen LogP contribution >= 0.6 is 0 Å². The Morgan fingerprint density at radius 1 is 0.639 bits per heavy atom. The number of rotatable bonds is 4. The average molecular weight is 619 g/mol. The van der Waals surface area contributed by atoms with Gasteiger partial charge in [0, 0.05) is 0 Å². The van der Waals surface area contributed by atoms with Gasteiger partial charge in [0.05, 0.1) is 0 Å². The second-order valence-electron chi connectivity index (χ2n) is 10.1. The summed E-state index contributed by atoms with van der Waals surface area (Å²) in [6.45, 7) is 22.4. The normalized spacial score (nSPS) is 10.1. The van der Waals surface area contributed by atoms with E-state index in [0.717, 1.165) is 0 Å². The Kier molecular flexibility index (Phi) is 16.0. The molecule has 4 aromatic rings. The SMILES string of the molecule is CCCc1ccc(C)c2[cH-]c(C)c(C)c12.CCCc1ccc(C)c2[cH-]c(C)c(C)c12.C[Si](C)=[Zr+2].[Cl-].[Cl-]. The van der Waals surface area contributed by atoms with Crippen molar-refractivity contribution in [2.75, 3.05) is 0 Å². The van der Waals surface area contributed by atoms with Gasteiger partial charge in [0.15, 0.2) is 0 Å². The fourth-order valence-electron chi connectivity index (χ4n) is 4.79. The van der Waals surface area contributed by atoms with E-state index in [4.69, 9.17) is 0 Å². The summed E-state index contributed by atoms with van der Waals surface area (Å²) in [5.41, 5.74) is 11.8. The van der Waals surface area contributed by atoms with Crippen LogP contribution in [0.4, 0.5) is 0 Å². The minimum Gasteiger partial charge on any atom is -1.00 e. The van der Waals surface area contributed by atoms with Crippen molar-refractivity contribution < 1.29 is 48.1 Å². The Labute approximate surface area is 248 Å². The van der Waals surface area contributed by atoms with Crippen LogP contribution in [0.25, 0.3) is 21.5 Å². The number of hydrogen-bond donors (Lipinski definition) is 0. The standard InChI is InChI=1S/2C15H19.C2H6Si.2ClH.Zr/c2*1-5-6-13-8-7-10(2)14-9-11(3)12(4)15(13)14;1-3-2;;;/h2*7-9H,5-6H2,1-4H3;1-2H3;2*1H;/q2*-1;;;;+2/p-2. The minimum absolute atomic E-state index is 0. The first-order valence-electron chi connectivity index (χ1n) is 12.8. The van der Waals surface area contributed by atoms with Crippen molar-refractivity contribution in [2.24, 2.45) is 0 Å². The molecule has 0 radical (unpaired) electrons. The maximum absolute atomic E-state index is 2.33. The van der Waals surface area contributed by atoms with Crippen molar-refractivity contribution in [3.8, 4) is 0 Å². The number of aryl methyl sites for hydroxylation is 8. The molecule has 4 heteroatoms. The molecule has 0 heterocycles. The summed E-state index contributed by atoms with van der Waals surface area (Å²) in [5, 5.41) is 5.93. The van der Waals surface area contributed by atoms with E-state index in [2.05, 4.69) is 105 Å². The second-order valence-corrected chi connectivity index (χ2v) is 19.4. The fourth-order valence-corrected chi connectivity index (χ4v) is 4.79. The molecule has 0 aliphatic heterocycles. The van der Waals surface area contributed by atoms with Gasteiger partial charge in [-0.15, -0.1) is 68.1 Å². The largest absolute Gasteiger partial charge is 1.00 e. The van der Waals surface area contributed by atoms with Crippen LogP contribution in [-0.4, -0.2) is 5.43 Å². The number of fused-ring (bicyclic) bond motifs is 2. The Balaban J connectivity index is 0.000000566. The molecule has 0 amide bonds. The number of halogens is 2. The van der Waals surface area contributed by atoms with Crippen LogP contribution in [0.15, 0.2) is 36.4 Å². The van der Waals surface area contributed by atoms with Crippen LogP contribution in [0.2, 0.25) is 13.1 Å². The third kappa shape index (κ3) is 8.69. The smallest absolute Gasteiger partial charge is 1.00 e. The van der Waals surface area contributed by atoms with Gasteiger partial charge in [-0.1, -0.05) is 91.5 Å². The summed E-state index contributed by atoms with van der Waals surface area (Å²) in [7, 11) is 0. The van der Waals surface area contributed by atoms with Gasteiger partial charge in [0.1, 0.15) is 0 Å². The van der Waals surface area contributed by atoms with E-state index in [9.17, 15) is 0 Å². The van der Waals surface area contributed by atoms with Crippen molar-refractivity contribution in [3.63, 3.8) is 0 Å². The molecule has 0 spiro atoms. The van der Waals surface area contributed by atoms with Crippen LogP contribution < -0.4 is 24.8 Å². The Morgan fingerprint density at radius 2 is 0.944 bits per heavy atom. The molecule has 36 heavy (non-hydrogen) atoms. The van der Waals surface area contributed by atoms with Crippen LogP contribution in [-0.2, 0) is 36.2 Å². The predicted molar refractivity (Wildman–Crippen MR) is 153 cm³/mol. The van der Waals surface area contributed by atoms with Crippen molar-refractivity contribution in [1.29, 1.82) is 0 Å². The van der Waals surface area contributed by atoms with Crippen molar-refractivity contribution >= 4 is 27.0 Å². The molecule has 0 saturated carbocycles. The first kappa shape index (κ1) is 35.3. The van der Waals surface area contributed by atoms with Crippen LogP contribution in [0.5, 0.6) is 0 Å². The Bertz CT molecular complexity index is 1180.